The summed E-state index contributed by atoms with van der Waals surface area (Å²) in [4.78, 5) is 21.7. The van der Waals surface area contributed by atoms with E-state index in [-0.39, 0.29) is 5.91 Å². The molecule has 0 aromatic heterocycles. The lowest BCUT2D eigenvalue weighted by Crippen LogP contribution is -2.20. The zero-order valence-electron chi connectivity index (χ0n) is 9.12. The molecule has 16 heavy (non-hydrogen) atoms. The van der Waals surface area contributed by atoms with E-state index in [1.165, 1.54) is 0 Å². The SMILES string of the molecule is CNC(=O)CCNc1ccc(C(N)=O)cc1. The summed E-state index contributed by atoms with van der Waals surface area (Å²) in [5.74, 6) is -0.460. The number of hydrogen-bond acceptors (Lipinski definition) is 3. The van der Waals surface area contributed by atoms with Crippen LogP contribution in [0.3, 0.4) is 0 Å². The van der Waals surface area contributed by atoms with Crippen molar-refractivity contribution in [2.24, 2.45) is 5.73 Å². The van der Waals surface area contributed by atoms with Crippen molar-refractivity contribution in [2.45, 2.75) is 6.42 Å². The van der Waals surface area contributed by atoms with Crippen molar-refractivity contribution in [3.05, 3.63) is 29.8 Å². The van der Waals surface area contributed by atoms with Gasteiger partial charge in [-0.2, -0.15) is 0 Å². The molecule has 0 fully saturated rings. The molecule has 0 saturated heterocycles. The van der Waals surface area contributed by atoms with Crippen LogP contribution < -0.4 is 16.4 Å². The fourth-order valence-corrected chi connectivity index (χ4v) is 1.20. The van der Waals surface area contributed by atoms with Gasteiger partial charge in [-0.25, -0.2) is 0 Å². The van der Waals surface area contributed by atoms with Crippen LogP contribution in [0, 0.1) is 0 Å². The Bertz CT molecular complexity index is 373. The summed E-state index contributed by atoms with van der Waals surface area (Å²) in [5, 5.41) is 5.60. The summed E-state index contributed by atoms with van der Waals surface area (Å²) in [5.41, 5.74) is 6.43. The number of rotatable bonds is 5. The largest absolute Gasteiger partial charge is 0.385 e. The van der Waals surface area contributed by atoms with Gasteiger partial charge in [0.1, 0.15) is 0 Å². The minimum atomic E-state index is -0.447. The molecule has 1 rings (SSSR count). The lowest BCUT2D eigenvalue weighted by molar-refractivity contribution is -0.120. The highest BCUT2D eigenvalue weighted by Crippen LogP contribution is 2.08. The van der Waals surface area contributed by atoms with E-state index in [0.717, 1.165) is 5.69 Å². The molecule has 0 atom stereocenters. The van der Waals surface area contributed by atoms with E-state index in [1.54, 1.807) is 31.3 Å². The van der Waals surface area contributed by atoms with Crippen LogP contribution in [0.1, 0.15) is 16.8 Å². The molecular weight excluding hydrogens is 206 g/mol. The van der Waals surface area contributed by atoms with Gasteiger partial charge in [-0.05, 0) is 24.3 Å². The molecule has 4 N–H and O–H groups in total. The average molecular weight is 221 g/mol. The maximum atomic E-state index is 10.9. The van der Waals surface area contributed by atoms with E-state index in [1.807, 2.05) is 0 Å². The molecule has 5 nitrogen and oxygen atoms in total. The second-order valence-electron chi connectivity index (χ2n) is 3.29. The number of primary amides is 1. The maximum Gasteiger partial charge on any atom is 0.248 e. The van der Waals surface area contributed by atoms with Gasteiger partial charge >= 0.3 is 0 Å². The molecule has 1 aromatic carbocycles. The summed E-state index contributed by atoms with van der Waals surface area (Å²) in [6.07, 6.45) is 0.411. The fraction of sp³-hybridized carbons (Fsp3) is 0.273. The normalized spacial score (nSPS) is 9.56. The highest BCUT2D eigenvalue weighted by molar-refractivity contribution is 5.93. The van der Waals surface area contributed by atoms with Gasteiger partial charge in [0, 0.05) is 31.3 Å². The highest BCUT2D eigenvalue weighted by atomic mass is 16.1. The third-order valence-corrected chi connectivity index (χ3v) is 2.13. The van der Waals surface area contributed by atoms with Crippen molar-refractivity contribution in [3.63, 3.8) is 0 Å². The van der Waals surface area contributed by atoms with Crippen molar-refractivity contribution in [1.82, 2.24) is 5.32 Å². The van der Waals surface area contributed by atoms with Gasteiger partial charge in [0.05, 0.1) is 0 Å². The Balaban J connectivity index is 2.43. The fourth-order valence-electron chi connectivity index (χ4n) is 1.20. The predicted molar refractivity (Wildman–Crippen MR) is 62.1 cm³/mol. The number of amides is 2. The summed E-state index contributed by atoms with van der Waals surface area (Å²) < 4.78 is 0. The van der Waals surface area contributed by atoms with Gasteiger partial charge in [0.25, 0.3) is 0 Å². The van der Waals surface area contributed by atoms with E-state index in [2.05, 4.69) is 10.6 Å². The zero-order chi connectivity index (χ0) is 12.0. The molecule has 0 spiro atoms. The number of hydrogen-bond donors (Lipinski definition) is 3. The van der Waals surface area contributed by atoms with Gasteiger partial charge in [0.2, 0.25) is 11.8 Å². The van der Waals surface area contributed by atoms with Gasteiger partial charge in [0.15, 0.2) is 0 Å². The Hall–Kier alpha value is -2.04. The number of anilines is 1. The number of carbonyl (C=O) groups excluding carboxylic acids is 2. The molecule has 0 heterocycles. The Morgan fingerprint density at radius 3 is 2.38 bits per heavy atom. The van der Waals surface area contributed by atoms with Crippen molar-refractivity contribution in [3.8, 4) is 0 Å². The van der Waals surface area contributed by atoms with E-state index < -0.39 is 5.91 Å². The molecule has 0 radical (unpaired) electrons. The number of nitrogens with two attached hydrogens (primary N) is 1. The number of carbonyl (C=O) groups is 2. The van der Waals surface area contributed by atoms with Crippen LogP contribution in [0.4, 0.5) is 5.69 Å². The van der Waals surface area contributed by atoms with Gasteiger partial charge in [-0.1, -0.05) is 0 Å². The summed E-state index contributed by atoms with van der Waals surface area (Å²) in [6, 6.07) is 6.79. The van der Waals surface area contributed by atoms with Gasteiger partial charge in [-0.3, -0.25) is 9.59 Å². The second kappa shape index (κ2) is 5.75. The van der Waals surface area contributed by atoms with Crippen molar-refractivity contribution in [2.75, 3.05) is 18.9 Å². The standard InChI is InChI=1S/C11H15N3O2/c1-13-10(15)6-7-14-9-4-2-8(3-5-9)11(12)16/h2-5,14H,6-7H2,1H3,(H2,12,16)(H,13,15). The second-order valence-corrected chi connectivity index (χ2v) is 3.29. The predicted octanol–water partition coefficient (Wildman–Crippen LogP) is 0.334. The van der Waals surface area contributed by atoms with Crippen molar-refractivity contribution >= 4 is 17.5 Å². The van der Waals surface area contributed by atoms with E-state index in [0.29, 0.717) is 18.5 Å². The quantitative estimate of drug-likeness (QED) is 0.670. The smallest absolute Gasteiger partial charge is 0.248 e. The van der Waals surface area contributed by atoms with Crippen LogP contribution in [0.25, 0.3) is 0 Å². The lowest BCUT2D eigenvalue weighted by Gasteiger charge is -2.05. The van der Waals surface area contributed by atoms with Crippen LogP contribution >= 0.6 is 0 Å². The van der Waals surface area contributed by atoms with E-state index in [9.17, 15) is 9.59 Å². The van der Waals surface area contributed by atoms with Gasteiger partial charge < -0.3 is 16.4 Å². The minimum absolute atomic E-state index is 0.0127. The first-order valence-corrected chi connectivity index (χ1v) is 4.98. The Kier molecular flexibility index (Phi) is 4.32. The molecule has 0 saturated carbocycles. The first-order chi connectivity index (χ1) is 7.63. The van der Waals surface area contributed by atoms with Crippen LogP contribution in [0.2, 0.25) is 0 Å². The molecule has 0 aliphatic carbocycles. The van der Waals surface area contributed by atoms with Crippen molar-refractivity contribution < 1.29 is 9.59 Å². The van der Waals surface area contributed by atoms with Crippen LogP contribution in [-0.4, -0.2) is 25.4 Å². The first-order valence-electron chi connectivity index (χ1n) is 4.98. The van der Waals surface area contributed by atoms with E-state index in [4.69, 9.17) is 5.73 Å². The van der Waals surface area contributed by atoms with Crippen molar-refractivity contribution in [1.29, 1.82) is 0 Å². The minimum Gasteiger partial charge on any atom is -0.385 e. The van der Waals surface area contributed by atoms with Gasteiger partial charge in [-0.15, -0.1) is 0 Å². The first kappa shape index (κ1) is 12.0. The van der Waals surface area contributed by atoms with Crippen LogP contribution in [-0.2, 0) is 4.79 Å². The number of benzene rings is 1. The molecule has 1 aromatic rings. The molecule has 0 aliphatic rings. The maximum absolute atomic E-state index is 10.9. The van der Waals surface area contributed by atoms with E-state index >= 15 is 0 Å². The van der Waals surface area contributed by atoms with Crippen LogP contribution in [0.15, 0.2) is 24.3 Å². The molecule has 5 heteroatoms. The Morgan fingerprint density at radius 2 is 1.88 bits per heavy atom. The molecule has 0 unspecified atom stereocenters. The topological polar surface area (TPSA) is 84.2 Å². The monoisotopic (exact) mass is 221 g/mol. The molecule has 86 valence electrons. The van der Waals surface area contributed by atoms with Crippen LogP contribution in [0.5, 0.6) is 0 Å². The summed E-state index contributed by atoms with van der Waals surface area (Å²) in [6.45, 7) is 0.551. The molecule has 0 bridgehead atoms. The lowest BCUT2D eigenvalue weighted by atomic mass is 10.2. The highest BCUT2D eigenvalue weighted by Gasteiger charge is 2.00. The molecule has 2 amide bonds. The third-order valence-electron chi connectivity index (χ3n) is 2.13. The summed E-state index contributed by atoms with van der Waals surface area (Å²) >= 11 is 0. The Labute approximate surface area is 94.0 Å². The average Bonchev–Trinajstić information content (AvgIpc) is 2.29. The summed E-state index contributed by atoms with van der Waals surface area (Å²) in [7, 11) is 1.60. The zero-order valence-corrected chi connectivity index (χ0v) is 9.12. The third kappa shape index (κ3) is 3.61. The Morgan fingerprint density at radius 1 is 1.25 bits per heavy atom. The molecule has 0 aliphatic heterocycles. The number of nitrogens with one attached hydrogen (secondary N) is 2. The molecular formula is C11H15N3O2.